The monoisotopic (exact) mass is 203 g/mol. The van der Waals surface area contributed by atoms with E-state index in [9.17, 15) is 13.2 Å². The number of nitriles is 1. The van der Waals surface area contributed by atoms with Crippen LogP contribution < -0.4 is 4.74 Å². The first-order valence-corrected chi connectivity index (χ1v) is 3.41. The van der Waals surface area contributed by atoms with Crippen molar-refractivity contribution in [3.8, 4) is 17.6 Å². The van der Waals surface area contributed by atoms with E-state index in [2.05, 4.69) is 4.74 Å². The molecule has 3 nitrogen and oxygen atoms in total. The average molecular weight is 203 g/mol. The molecular formula is C8H4F3NO2. The largest absolute Gasteiger partial charge is 0.573 e. The van der Waals surface area contributed by atoms with Crippen LogP contribution in [0.2, 0.25) is 0 Å². The molecule has 0 fully saturated rings. The van der Waals surface area contributed by atoms with Gasteiger partial charge in [0, 0.05) is 6.07 Å². The van der Waals surface area contributed by atoms with E-state index in [0.29, 0.717) is 0 Å². The van der Waals surface area contributed by atoms with Crippen LogP contribution in [0, 0.1) is 11.3 Å². The second-order valence-corrected chi connectivity index (χ2v) is 2.34. The van der Waals surface area contributed by atoms with Gasteiger partial charge in [0.2, 0.25) is 0 Å². The van der Waals surface area contributed by atoms with Gasteiger partial charge in [-0.05, 0) is 12.1 Å². The van der Waals surface area contributed by atoms with Gasteiger partial charge in [0.15, 0.2) is 0 Å². The van der Waals surface area contributed by atoms with Crippen molar-refractivity contribution in [1.82, 2.24) is 0 Å². The van der Waals surface area contributed by atoms with Crippen molar-refractivity contribution < 1.29 is 23.0 Å². The highest BCUT2D eigenvalue weighted by Gasteiger charge is 2.31. The van der Waals surface area contributed by atoms with Crippen LogP contribution >= 0.6 is 0 Å². The average Bonchev–Trinajstić information content (AvgIpc) is 2.01. The Balaban J connectivity index is 2.94. The Hall–Kier alpha value is -1.90. The zero-order chi connectivity index (χ0) is 10.8. The van der Waals surface area contributed by atoms with Gasteiger partial charge >= 0.3 is 6.36 Å². The van der Waals surface area contributed by atoms with Gasteiger partial charge in [-0.2, -0.15) is 5.26 Å². The van der Waals surface area contributed by atoms with Crippen molar-refractivity contribution in [3.05, 3.63) is 23.8 Å². The van der Waals surface area contributed by atoms with Crippen LogP contribution in [0.25, 0.3) is 0 Å². The number of alkyl halides is 3. The van der Waals surface area contributed by atoms with E-state index < -0.39 is 17.9 Å². The van der Waals surface area contributed by atoms with Crippen molar-refractivity contribution in [3.63, 3.8) is 0 Å². The van der Waals surface area contributed by atoms with E-state index >= 15 is 0 Å². The van der Waals surface area contributed by atoms with Crippen molar-refractivity contribution in [1.29, 1.82) is 5.26 Å². The number of nitrogens with zero attached hydrogens (tertiary/aromatic N) is 1. The summed E-state index contributed by atoms with van der Waals surface area (Å²) in [4.78, 5) is 0. The van der Waals surface area contributed by atoms with Crippen LogP contribution in [0.5, 0.6) is 11.5 Å². The Bertz CT molecular complexity index is 381. The first-order chi connectivity index (χ1) is 6.42. The van der Waals surface area contributed by atoms with Gasteiger partial charge in [0.25, 0.3) is 0 Å². The maximum absolute atomic E-state index is 11.7. The normalized spacial score (nSPS) is 10.7. The molecule has 0 atom stereocenters. The van der Waals surface area contributed by atoms with Crippen LogP contribution in [0.1, 0.15) is 5.56 Å². The maximum atomic E-state index is 11.7. The molecule has 0 saturated carbocycles. The first kappa shape index (κ1) is 10.2. The number of hydrogen-bond donors (Lipinski definition) is 1. The van der Waals surface area contributed by atoms with E-state index in [1.165, 1.54) is 0 Å². The molecule has 0 spiro atoms. The molecule has 0 aromatic heterocycles. The lowest BCUT2D eigenvalue weighted by atomic mass is 10.2. The molecule has 14 heavy (non-hydrogen) atoms. The minimum atomic E-state index is -4.80. The Morgan fingerprint density at radius 1 is 1.36 bits per heavy atom. The zero-order valence-electron chi connectivity index (χ0n) is 6.67. The molecule has 0 unspecified atom stereocenters. The third-order valence-corrected chi connectivity index (χ3v) is 1.32. The molecule has 0 bridgehead atoms. The number of phenols is 1. The standard InChI is InChI=1S/C8H4F3NO2/c9-8(10,11)14-6-2-1-5(4-12)7(13)3-6/h1-3,13H. The quantitative estimate of drug-likeness (QED) is 0.760. The van der Waals surface area contributed by atoms with Gasteiger partial charge in [0.1, 0.15) is 17.6 Å². The third-order valence-electron chi connectivity index (χ3n) is 1.32. The zero-order valence-corrected chi connectivity index (χ0v) is 6.67. The highest BCUT2D eigenvalue weighted by atomic mass is 19.4. The molecule has 0 saturated heterocycles. The number of benzene rings is 1. The second-order valence-electron chi connectivity index (χ2n) is 2.34. The van der Waals surface area contributed by atoms with Crippen LogP contribution in [-0.2, 0) is 0 Å². The number of halogens is 3. The van der Waals surface area contributed by atoms with E-state index in [4.69, 9.17) is 10.4 Å². The number of rotatable bonds is 1. The van der Waals surface area contributed by atoms with Gasteiger partial charge in [-0.25, -0.2) is 0 Å². The summed E-state index contributed by atoms with van der Waals surface area (Å²) in [6, 6.07) is 4.31. The highest BCUT2D eigenvalue weighted by Crippen LogP contribution is 2.27. The molecule has 0 amide bonds. The van der Waals surface area contributed by atoms with Gasteiger partial charge in [-0.1, -0.05) is 0 Å². The van der Waals surface area contributed by atoms with Crippen molar-refractivity contribution >= 4 is 0 Å². The van der Waals surface area contributed by atoms with Gasteiger partial charge in [0.05, 0.1) is 5.56 Å². The lowest BCUT2D eigenvalue weighted by Gasteiger charge is -2.08. The minimum Gasteiger partial charge on any atom is -0.506 e. The maximum Gasteiger partial charge on any atom is 0.573 e. The smallest absolute Gasteiger partial charge is 0.506 e. The Morgan fingerprint density at radius 3 is 2.43 bits per heavy atom. The van der Waals surface area contributed by atoms with E-state index in [1.54, 1.807) is 6.07 Å². The van der Waals surface area contributed by atoms with Crippen molar-refractivity contribution in [2.45, 2.75) is 6.36 Å². The topological polar surface area (TPSA) is 53.2 Å². The predicted octanol–water partition coefficient (Wildman–Crippen LogP) is 2.16. The summed E-state index contributed by atoms with van der Waals surface area (Å²) in [6.07, 6.45) is -4.80. The molecule has 74 valence electrons. The van der Waals surface area contributed by atoms with Crippen LogP contribution in [0.4, 0.5) is 13.2 Å². The molecule has 0 radical (unpaired) electrons. The minimum absolute atomic E-state index is 0.112. The summed E-state index contributed by atoms with van der Waals surface area (Å²) in [5, 5.41) is 17.4. The summed E-state index contributed by atoms with van der Waals surface area (Å²) in [5.74, 6) is -1.11. The molecule has 1 aromatic carbocycles. The van der Waals surface area contributed by atoms with Gasteiger partial charge < -0.3 is 9.84 Å². The van der Waals surface area contributed by atoms with Crippen LogP contribution in [0.15, 0.2) is 18.2 Å². The molecule has 1 rings (SSSR count). The summed E-state index contributed by atoms with van der Waals surface area (Å²) in [5.41, 5.74) is -0.112. The molecule has 0 aliphatic rings. The van der Waals surface area contributed by atoms with E-state index in [1.807, 2.05) is 0 Å². The molecule has 0 aliphatic heterocycles. The molecule has 6 heteroatoms. The van der Waals surface area contributed by atoms with Crippen molar-refractivity contribution in [2.75, 3.05) is 0 Å². The third kappa shape index (κ3) is 2.55. The lowest BCUT2D eigenvalue weighted by molar-refractivity contribution is -0.274. The SMILES string of the molecule is N#Cc1ccc(OC(F)(F)F)cc1O. The number of ether oxygens (including phenoxy) is 1. The molecule has 1 aromatic rings. The molecule has 0 aliphatic carbocycles. The number of hydrogen-bond acceptors (Lipinski definition) is 3. The molecule has 1 N–H and O–H groups in total. The highest BCUT2D eigenvalue weighted by molar-refractivity contribution is 5.46. The summed E-state index contributed by atoms with van der Waals surface area (Å²) in [7, 11) is 0. The summed E-state index contributed by atoms with van der Waals surface area (Å²) < 4.78 is 38.6. The molecular weight excluding hydrogens is 199 g/mol. The predicted molar refractivity (Wildman–Crippen MR) is 39.5 cm³/mol. The van der Waals surface area contributed by atoms with E-state index in [0.717, 1.165) is 18.2 Å². The van der Waals surface area contributed by atoms with Crippen LogP contribution in [-0.4, -0.2) is 11.5 Å². The van der Waals surface area contributed by atoms with Crippen molar-refractivity contribution in [2.24, 2.45) is 0 Å². The number of phenolic OH excluding ortho intramolecular Hbond substituents is 1. The summed E-state index contributed by atoms with van der Waals surface area (Å²) in [6.45, 7) is 0. The van der Waals surface area contributed by atoms with Gasteiger partial charge in [-0.3, -0.25) is 0 Å². The Morgan fingerprint density at radius 2 is 2.00 bits per heavy atom. The van der Waals surface area contributed by atoms with E-state index in [-0.39, 0.29) is 5.56 Å². The first-order valence-electron chi connectivity index (χ1n) is 3.41. The second kappa shape index (κ2) is 3.46. The Labute approximate surface area is 77.0 Å². The fraction of sp³-hybridized carbons (Fsp3) is 0.125. The lowest BCUT2D eigenvalue weighted by Crippen LogP contribution is -2.17. The van der Waals surface area contributed by atoms with Crippen LogP contribution in [0.3, 0.4) is 0 Å². The molecule has 0 heterocycles. The summed E-state index contributed by atoms with van der Waals surface area (Å²) >= 11 is 0. The fourth-order valence-corrected chi connectivity index (χ4v) is 0.803. The number of aromatic hydroxyl groups is 1. The fourth-order valence-electron chi connectivity index (χ4n) is 0.803. The van der Waals surface area contributed by atoms with Gasteiger partial charge in [-0.15, -0.1) is 13.2 Å². The Kier molecular flexibility index (Phi) is 2.51.